The molecule has 0 aliphatic carbocycles. The van der Waals surface area contributed by atoms with Crippen LogP contribution in [-0.4, -0.2) is 34.3 Å². The number of aromatic nitrogens is 2. The molecule has 39 heavy (non-hydrogen) atoms. The molecular formula is C28H23FN4O4S2. The van der Waals surface area contributed by atoms with Gasteiger partial charge >= 0.3 is 0 Å². The van der Waals surface area contributed by atoms with Crippen LogP contribution in [-0.2, 0) is 17.5 Å². The minimum Gasteiger partial charge on any atom is -0.497 e. The van der Waals surface area contributed by atoms with E-state index in [4.69, 9.17) is 15.2 Å². The van der Waals surface area contributed by atoms with Gasteiger partial charge in [0, 0.05) is 45.1 Å². The van der Waals surface area contributed by atoms with Gasteiger partial charge in [-0.15, -0.1) is 11.3 Å². The number of fused-ring (bicyclic) bond motifs is 1. The molecule has 11 heteroatoms. The number of primary amides is 1. The highest BCUT2D eigenvalue weighted by Gasteiger charge is 2.23. The number of pyridine rings is 1. The van der Waals surface area contributed by atoms with Crippen LogP contribution in [0.2, 0.25) is 0 Å². The van der Waals surface area contributed by atoms with E-state index in [2.05, 4.69) is 9.97 Å². The highest BCUT2D eigenvalue weighted by Crippen LogP contribution is 2.34. The van der Waals surface area contributed by atoms with Crippen LogP contribution >= 0.6 is 11.3 Å². The van der Waals surface area contributed by atoms with Crippen LogP contribution in [0.5, 0.6) is 11.5 Å². The van der Waals surface area contributed by atoms with Crippen molar-refractivity contribution in [3.05, 3.63) is 95.4 Å². The number of amides is 1. The number of halogens is 1. The molecule has 0 aliphatic rings. The lowest BCUT2D eigenvalue weighted by atomic mass is 9.99. The first kappa shape index (κ1) is 26.3. The molecule has 2 aromatic heterocycles. The molecule has 1 unspecified atom stereocenters. The zero-order chi connectivity index (χ0) is 27.5. The summed E-state index contributed by atoms with van der Waals surface area (Å²) in [5, 5.41) is 2.99. The van der Waals surface area contributed by atoms with E-state index >= 15 is 4.39 Å². The number of hydrogen-bond donors (Lipinski definition) is 1. The van der Waals surface area contributed by atoms with Crippen molar-refractivity contribution >= 4 is 44.1 Å². The van der Waals surface area contributed by atoms with Gasteiger partial charge in [0.25, 0.3) is 0 Å². The van der Waals surface area contributed by atoms with Crippen LogP contribution in [0.25, 0.3) is 22.0 Å². The van der Waals surface area contributed by atoms with Gasteiger partial charge in [-0.25, -0.2) is 13.6 Å². The Kier molecular flexibility index (Phi) is 7.53. The number of methoxy groups -OCH3 is 2. The van der Waals surface area contributed by atoms with Crippen molar-refractivity contribution < 1.29 is 22.9 Å². The fourth-order valence-corrected chi connectivity index (χ4v) is 6.20. The van der Waals surface area contributed by atoms with E-state index in [-0.39, 0.29) is 17.5 Å². The molecule has 0 fully saturated rings. The second-order valence-electron chi connectivity index (χ2n) is 8.35. The largest absolute Gasteiger partial charge is 0.497 e. The van der Waals surface area contributed by atoms with Crippen molar-refractivity contribution in [2.45, 2.75) is 11.4 Å². The van der Waals surface area contributed by atoms with Crippen LogP contribution in [0.1, 0.15) is 15.9 Å². The smallest absolute Gasteiger partial charge is 0.249 e. The van der Waals surface area contributed by atoms with Crippen LogP contribution in [0.4, 0.5) is 9.52 Å². The number of hydrogen-bond acceptors (Lipinski definition) is 7. The molecule has 5 aromatic rings. The van der Waals surface area contributed by atoms with E-state index in [1.807, 2.05) is 6.07 Å². The minimum atomic E-state index is -1.76. The molecule has 8 nitrogen and oxygen atoms in total. The Balaban J connectivity index is 1.58. The molecule has 0 radical (unpaired) electrons. The molecule has 1 atom stereocenters. The Morgan fingerprint density at radius 1 is 1.05 bits per heavy atom. The van der Waals surface area contributed by atoms with Crippen molar-refractivity contribution in [2.75, 3.05) is 18.5 Å². The van der Waals surface area contributed by atoms with Crippen LogP contribution in [0.3, 0.4) is 0 Å². The van der Waals surface area contributed by atoms with E-state index in [1.165, 1.54) is 17.4 Å². The summed E-state index contributed by atoms with van der Waals surface area (Å²) in [7, 11) is 1.36. The number of anilines is 1. The van der Waals surface area contributed by atoms with Crippen LogP contribution < -0.4 is 19.5 Å². The monoisotopic (exact) mass is 562 g/mol. The zero-order valence-electron chi connectivity index (χ0n) is 21.0. The molecule has 2 N–H and O–H groups in total. The molecule has 0 bridgehead atoms. The summed E-state index contributed by atoms with van der Waals surface area (Å²) < 4.78 is 41.5. The maximum Gasteiger partial charge on any atom is 0.249 e. The number of ether oxygens (including phenoxy) is 2. The lowest BCUT2D eigenvalue weighted by Crippen LogP contribution is -2.25. The van der Waals surface area contributed by atoms with Crippen molar-refractivity contribution in [2.24, 2.45) is 5.73 Å². The molecule has 5 rings (SSSR count). The summed E-state index contributed by atoms with van der Waals surface area (Å²) in [6, 6.07) is 17.0. The molecule has 0 saturated heterocycles. The highest BCUT2D eigenvalue weighted by atomic mass is 32.2. The van der Waals surface area contributed by atoms with E-state index in [1.54, 1.807) is 78.6 Å². The maximum atomic E-state index is 15.1. The quantitative estimate of drug-likeness (QED) is 0.260. The molecule has 0 aliphatic heterocycles. The zero-order valence-corrected chi connectivity index (χ0v) is 22.6. The second kappa shape index (κ2) is 11.2. The number of benzene rings is 3. The predicted molar refractivity (Wildman–Crippen MR) is 150 cm³/mol. The van der Waals surface area contributed by atoms with Gasteiger partial charge in [-0.05, 0) is 30.3 Å². The lowest BCUT2D eigenvalue weighted by molar-refractivity contribution is 0.100. The number of thiazole rings is 1. The Labute approximate surface area is 230 Å². The lowest BCUT2D eigenvalue weighted by Gasteiger charge is -2.22. The summed E-state index contributed by atoms with van der Waals surface area (Å²) in [6.45, 7) is 0.210. The van der Waals surface area contributed by atoms with Gasteiger partial charge in [-0.3, -0.25) is 14.1 Å². The third kappa shape index (κ3) is 5.18. The number of carbonyl (C=O) groups is 1. The third-order valence-electron chi connectivity index (χ3n) is 6.10. The van der Waals surface area contributed by atoms with Crippen LogP contribution in [0.15, 0.2) is 83.3 Å². The van der Waals surface area contributed by atoms with Gasteiger partial charge in [0.15, 0.2) is 16.1 Å². The Hall–Kier alpha value is -4.35. The molecule has 0 spiro atoms. The number of nitrogens with zero attached hydrogens (tertiary/aromatic N) is 3. The normalized spacial score (nSPS) is 11.8. The summed E-state index contributed by atoms with van der Waals surface area (Å²) in [5.74, 6) is 0.00331. The standard InChI is InChI=1S/C28H23FN4O4S2/c1-36-18-8-7-17(25(13-18)37-2)16-33(28-31-11-12-38-28)39(35)19-9-10-21-23(14-19)24(29)15-32-26(21)20-5-3-4-6-22(20)27(30)34/h3-15H,16H2,1-2H3,(H2,30,34). The van der Waals surface area contributed by atoms with Crippen molar-refractivity contribution in [1.29, 1.82) is 0 Å². The molecular weight excluding hydrogens is 539 g/mol. The van der Waals surface area contributed by atoms with Crippen molar-refractivity contribution in [3.8, 4) is 22.8 Å². The SMILES string of the molecule is COc1ccc(CN(c2nccs2)S(=O)c2ccc3c(-c4ccccc4C(N)=O)ncc(F)c3c2)c(OC)c1. The predicted octanol–water partition coefficient (Wildman–Crippen LogP) is 5.34. The van der Waals surface area contributed by atoms with Crippen molar-refractivity contribution in [1.82, 2.24) is 9.97 Å². The first-order chi connectivity index (χ1) is 18.9. The van der Waals surface area contributed by atoms with Gasteiger partial charge in [0.2, 0.25) is 5.91 Å². The van der Waals surface area contributed by atoms with E-state index in [0.717, 1.165) is 11.8 Å². The van der Waals surface area contributed by atoms with Gasteiger partial charge in [-0.2, -0.15) is 0 Å². The Bertz CT molecular complexity index is 1700. The van der Waals surface area contributed by atoms with Gasteiger partial charge in [0.1, 0.15) is 17.3 Å². The molecule has 1 amide bonds. The average Bonchev–Trinajstić information content (AvgIpc) is 3.50. The fraction of sp³-hybridized carbons (Fsp3) is 0.107. The van der Waals surface area contributed by atoms with Gasteiger partial charge in [0.05, 0.1) is 37.6 Å². The summed E-state index contributed by atoms with van der Waals surface area (Å²) in [4.78, 5) is 21.0. The molecule has 198 valence electrons. The molecule has 3 aromatic carbocycles. The topological polar surface area (TPSA) is 108 Å². The maximum absolute atomic E-state index is 15.1. The first-order valence-corrected chi connectivity index (χ1v) is 13.7. The first-order valence-electron chi connectivity index (χ1n) is 11.7. The second-order valence-corrected chi connectivity index (χ2v) is 10.6. The third-order valence-corrected chi connectivity index (χ3v) is 8.37. The number of carbonyl (C=O) groups excluding carboxylic acids is 1. The number of nitrogens with two attached hydrogens (primary N) is 1. The van der Waals surface area contributed by atoms with Crippen LogP contribution in [0, 0.1) is 5.82 Å². The Morgan fingerprint density at radius 2 is 1.87 bits per heavy atom. The van der Waals surface area contributed by atoms with E-state index < -0.39 is 22.7 Å². The summed E-state index contributed by atoms with van der Waals surface area (Å²) in [6.07, 6.45) is 2.71. The summed E-state index contributed by atoms with van der Waals surface area (Å²) >= 11 is 1.33. The van der Waals surface area contributed by atoms with Gasteiger partial charge < -0.3 is 15.2 Å². The fourth-order valence-electron chi connectivity index (χ4n) is 4.22. The summed E-state index contributed by atoms with van der Waals surface area (Å²) in [5.41, 5.74) is 7.49. The number of rotatable bonds is 9. The van der Waals surface area contributed by atoms with E-state index in [0.29, 0.717) is 38.2 Å². The molecule has 0 saturated carbocycles. The Morgan fingerprint density at radius 3 is 2.59 bits per heavy atom. The molecule has 2 heterocycles. The van der Waals surface area contributed by atoms with E-state index in [9.17, 15) is 9.00 Å². The minimum absolute atomic E-state index is 0.210. The van der Waals surface area contributed by atoms with Crippen molar-refractivity contribution in [3.63, 3.8) is 0 Å². The average molecular weight is 563 g/mol. The highest BCUT2D eigenvalue weighted by molar-refractivity contribution is 7.86. The van der Waals surface area contributed by atoms with Gasteiger partial charge in [-0.1, -0.05) is 24.3 Å².